The maximum Gasteiger partial charge on any atom is 0.337 e. The molecule has 0 heterocycles. The first-order valence-electron chi connectivity index (χ1n) is 7.16. The Kier molecular flexibility index (Phi) is 7.26. The predicted molar refractivity (Wildman–Crippen MR) is 81.9 cm³/mol. The Hall–Kier alpha value is -1.39. The summed E-state index contributed by atoms with van der Waals surface area (Å²) in [6.07, 6.45) is 1.17. The fraction of sp³-hybridized carbons (Fsp3) is 0.562. The molecule has 1 N–H and O–H groups in total. The van der Waals surface area contributed by atoms with Crippen molar-refractivity contribution in [3.8, 4) is 0 Å². The fourth-order valence-electron chi connectivity index (χ4n) is 1.90. The van der Waals surface area contributed by atoms with E-state index in [0.29, 0.717) is 11.6 Å². The minimum Gasteiger partial charge on any atom is -0.465 e. The molecule has 20 heavy (non-hydrogen) atoms. The van der Waals surface area contributed by atoms with Gasteiger partial charge in [0.2, 0.25) is 0 Å². The van der Waals surface area contributed by atoms with E-state index >= 15 is 0 Å². The largest absolute Gasteiger partial charge is 0.465 e. The van der Waals surface area contributed by atoms with Gasteiger partial charge in [-0.1, -0.05) is 19.1 Å². The zero-order valence-electron chi connectivity index (χ0n) is 13.0. The lowest BCUT2D eigenvalue weighted by molar-refractivity contribution is 0.0600. The molecular formula is C16H26N2O2. The fourth-order valence-corrected chi connectivity index (χ4v) is 1.90. The van der Waals surface area contributed by atoms with Crippen LogP contribution in [0.3, 0.4) is 0 Å². The Labute approximate surface area is 122 Å². The number of benzene rings is 1. The van der Waals surface area contributed by atoms with Crippen molar-refractivity contribution in [1.82, 2.24) is 10.2 Å². The van der Waals surface area contributed by atoms with Crippen LogP contribution in [0.5, 0.6) is 0 Å². The van der Waals surface area contributed by atoms with E-state index in [1.807, 2.05) is 12.1 Å². The third-order valence-corrected chi connectivity index (χ3v) is 3.69. The molecule has 1 rings (SSSR count). The molecule has 4 heteroatoms. The molecule has 0 spiro atoms. The van der Waals surface area contributed by atoms with Gasteiger partial charge in [0.25, 0.3) is 0 Å². The molecule has 1 aromatic carbocycles. The Morgan fingerprint density at radius 3 is 2.55 bits per heavy atom. The highest BCUT2D eigenvalue weighted by Crippen LogP contribution is 2.05. The van der Waals surface area contributed by atoms with Gasteiger partial charge < -0.3 is 15.0 Å². The van der Waals surface area contributed by atoms with Gasteiger partial charge in [0.05, 0.1) is 12.7 Å². The van der Waals surface area contributed by atoms with Crippen molar-refractivity contribution in [3.05, 3.63) is 35.4 Å². The van der Waals surface area contributed by atoms with Gasteiger partial charge in [-0.3, -0.25) is 0 Å². The van der Waals surface area contributed by atoms with Gasteiger partial charge >= 0.3 is 5.97 Å². The van der Waals surface area contributed by atoms with Crippen molar-refractivity contribution in [2.45, 2.75) is 32.9 Å². The van der Waals surface area contributed by atoms with E-state index in [9.17, 15) is 4.79 Å². The second-order valence-corrected chi connectivity index (χ2v) is 5.10. The molecule has 1 unspecified atom stereocenters. The van der Waals surface area contributed by atoms with E-state index in [4.69, 9.17) is 0 Å². The monoisotopic (exact) mass is 278 g/mol. The van der Waals surface area contributed by atoms with Crippen LogP contribution in [-0.2, 0) is 11.3 Å². The van der Waals surface area contributed by atoms with Crippen molar-refractivity contribution in [2.75, 3.05) is 27.2 Å². The Balaban J connectivity index is 2.30. The van der Waals surface area contributed by atoms with Gasteiger partial charge in [-0.15, -0.1) is 0 Å². The summed E-state index contributed by atoms with van der Waals surface area (Å²) in [4.78, 5) is 13.7. The third kappa shape index (κ3) is 5.31. The number of carbonyl (C=O) groups is 1. The van der Waals surface area contributed by atoms with Gasteiger partial charge in [0.1, 0.15) is 0 Å². The second-order valence-electron chi connectivity index (χ2n) is 5.10. The van der Waals surface area contributed by atoms with E-state index in [2.05, 4.69) is 35.8 Å². The maximum atomic E-state index is 11.3. The highest BCUT2D eigenvalue weighted by Gasteiger charge is 2.06. The molecule has 0 amide bonds. The Bertz CT molecular complexity index is 403. The molecule has 0 aliphatic heterocycles. The van der Waals surface area contributed by atoms with Crippen LogP contribution in [0.25, 0.3) is 0 Å². The topological polar surface area (TPSA) is 41.6 Å². The molecule has 0 aliphatic carbocycles. The summed E-state index contributed by atoms with van der Waals surface area (Å²) in [5.74, 6) is -0.292. The number of hydrogen-bond donors (Lipinski definition) is 1. The van der Waals surface area contributed by atoms with E-state index in [0.717, 1.165) is 19.6 Å². The highest BCUT2D eigenvalue weighted by atomic mass is 16.5. The average molecular weight is 278 g/mol. The van der Waals surface area contributed by atoms with Gasteiger partial charge in [0, 0.05) is 25.7 Å². The van der Waals surface area contributed by atoms with Crippen LogP contribution in [0, 0.1) is 0 Å². The molecule has 0 saturated heterocycles. The summed E-state index contributed by atoms with van der Waals surface area (Å²) in [7, 11) is 3.55. The second kappa shape index (κ2) is 8.72. The number of hydrogen-bond acceptors (Lipinski definition) is 4. The van der Waals surface area contributed by atoms with E-state index < -0.39 is 0 Å². The number of esters is 1. The predicted octanol–water partition coefficient (Wildman–Crippen LogP) is 2.29. The Morgan fingerprint density at radius 1 is 1.35 bits per heavy atom. The van der Waals surface area contributed by atoms with Gasteiger partial charge in [-0.05, 0) is 38.1 Å². The normalized spacial score (nSPS) is 12.4. The number of nitrogens with zero attached hydrogens (tertiary/aromatic N) is 1. The first-order valence-corrected chi connectivity index (χ1v) is 7.16. The van der Waals surface area contributed by atoms with E-state index in [1.165, 1.54) is 19.1 Å². The zero-order valence-corrected chi connectivity index (χ0v) is 13.0. The summed E-state index contributed by atoms with van der Waals surface area (Å²) in [6.45, 7) is 7.26. The van der Waals surface area contributed by atoms with Crippen LogP contribution < -0.4 is 5.32 Å². The Morgan fingerprint density at radius 2 is 2.00 bits per heavy atom. The number of carbonyl (C=O) groups excluding carboxylic acids is 1. The minimum atomic E-state index is -0.292. The van der Waals surface area contributed by atoms with Crippen LogP contribution in [0.2, 0.25) is 0 Å². The number of rotatable bonds is 8. The molecule has 0 fully saturated rings. The molecule has 112 valence electrons. The first kappa shape index (κ1) is 16.7. The molecule has 0 bridgehead atoms. The third-order valence-electron chi connectivity index (χ3n) is 3.69. The van der Waals surface area contributed by atoms with Crippen LogP contribution in [0.1, 0.15) is 36.2 Å². The van der Waals surface area contributed by atoms with Gasteiger partial charge in [-0.2, -0.15) is 0 Å². The van der Waals surface area contributed by atoms with E-state index in [1.54, 1.807) is 12.1 Å². The number of likely N-dealkylation sites (N-methyl/N-ethyl adjacent to an activating group) is 1. The molecule has 0 radical (unpaired) electrons. The minimum absolute atomic E-state index is 0.292. The van der Waals surface area contributed by atoms with Crippen LogP contribution in [-0.4, -0.2) is 44.2 Å². The molecule has 0 saturated carbocycles. The number of methoxy groups -OCH3 is 1. The lowest BCUT2D eigenvalue weighted by Crippen LogP contribution is -2.34. The summed E-state index contributed by atoms with van der Waals surface area (Å²) in [5.41, 5.74) is 1.76. The van der Waals surface area contributed by atoms with Crippen molar-refractivity contribution < 1.29 is 9.53 Å². The van der Waals surface area contributed by atoms with Crippen LogP contribution in [0.15, 0.2) is 24.3 Å². The van der Waals surface area contributed by atoms with Crippen molar-refractivity contribution in [3.63, 3.8) is 0 Å². The SMILES string of the molecule is CCC(C)N(C)CCNCc1ccc(C(=O)OC)cc1. The standard InChI is InChI=1S/C16H26N2O2/c1-5-13(2)18(3)11-10-17-12-14-6-8-15(9-7-14)16(19)20-4/h6-9,13,17H,5,10-12H2,1-4H3. The first-order chi connectivity index (χ1) is 9.58. The smallest absolute Gasteiger partial charge is 0.337 e. The average Bonchev–Trinajstić information content (AvgIpc) is 2.50. The van der Waals surface area contributed by atoms with Gasteiger partial charge in [-0.25, -0.2) is 4.79 Å². The summed E-state index contributed by atoms with van der Waals surface area (Å²) in [5, 5.41) is 3.42. The lowest BCUT2D eigenvalue weighted by Gasteiger charge is -2.23. The van der Waals surface area contributed by atoms with E-state index in [-0.39, 0.29) is 5.97 Å². The maximum absolute atomic E-state index is 11.3. The molecule has 1 aromatic rings. The van der Waals surface area contributed by atoms with Crippen molar-refractivity contribution >= 4 is 5.97 Å². The summed E-state index contributed by atoms with van der Waals surface area (Å²) in [6, 6.07) is 8.13. The quantitative estimate of drug-likeness (QED) is 0.585. The lowest BCUT2D eigenvalue weighted by atomic mass is 10.1. The van der Waals surface area contributed by atoms with Crippen LogP contribution >= 0.6 is 0 Å². The van der Waals surface area contributed by atoms with Gasteiger partial charge in [0.15, 0.2) is 0 Å². The molecule has 4 nitrogen and oxygen atoms in total. The zero-order chi connectivity index (χ0) is 15.0. The molecule has 0 aromatic heterocycles. The van der Waals surface area contributed by atoms with Crippen molar-refractivity contribution in [2.24, 2.45) is 0 Å². The summed E-state index contributed by atoms with van der Waals surface area (Å²) < 4.78 is 4.67. The molecule has 0 aliphatic rings. The number of ether oxygens (including phenoxy) is 1. The molecular weight excluding hydrogens is 252 g/mol. The van der Waals surface area contributed by atoms with Crippen molar-refractivity contribution in [1.29, 1.82) is 0 Å². The number of nitrogens with one attached hydrogen (secondary N) is 1. The molecule has 1 atom stereocenters. The highest BCUT2D eigenvalue weighted by molar-refractivity contribution is 5.89. The van der Waals surface area contributed by atoms with Crippen LogP contribution in [0.4, 0.5) is 0 Å². The summed E-state index contributed by atoms with van der Waals surface area (Å²) >= 11 is 0.